The standard InChI is InChI=1S/C13H19BrN2/c14-12-5-2-1-4-11(12)8-16-10-13(9-15)6-3-7-13/h1-2,4-5,16H,3,6-10,15H2. The van der Waals surface area contributed by atoms with Crippen molar-refractivity contribution in [3.05, 3.63) is 34.3 Å². The molecule has 0 spiro atoms. The molecule has 2 nitrogen and oxygen atoms in total. The van der Waals surface area contributed by atoms with Gasteiger partial charge in [0.15, 0.2) is 0 Å². The Morgan fingerprint density at radius 2 is 2.06 bits per heavy atom. The zero-order chi connectivity index (χ0) is 11.4. The number of hydrogen-bond donors (Lipinski definition) is 2. The van der Waals surface area contributed by atoms with Gasteiger partial charge in [0, 0.05) is 17.6 Å². The van der Waals surface area contributed by atoms with E-state index in [0.29, 0.717) is 5.41 Å². The maximum absolute atomic E-state index is 5.83. The number of nitrogens with two attached hydrogens (primary N) is 1. The summed E-state index contributed by atoms with van der Waals surface area (Å²) in [5.41, 5.74) is 7.53. The van der Waals surface area contributed by atoms with E-state index in [-0.39, 0.29) is 0 Å². The monoisotopic (exact) mass is 282 g/mol. The van der Waals surface area contributed by atoms with Crippen molar-refractivity contribution in [2.75, 3.05) is 13.1 Å². The van der Waals surface area contributed by atoms with Gasteiger partial charge in [-0.2, -0.15) is 0 Å². The van der Waals surface area contributed by atoms with Crippen LogP contribution in [0.15, 0.2) is 28.7 Å². The lowest BCUT2D eigenvalue weighted by Crippen LogP contribution is -2.45. The lowest BCUT2D eigenvalue weighted by Gasteiger charge is -2.41. The third-order valence-corrected chi connectivity index (χ3v) is 4.39. The van der Waals surface area contributed by atoms with E-state index < -0.39 is 0 Å². The van der Waals surface area contributed by atoms with Crippen LogP contribution < -0.4 is 11.1 Å². The summed E-state index contributed by atoms with van der Waals surface area (Å²) in [4.78, 5) is 0. The molecule has 0 heterocycles. The Morgan fingerprint density at radius 3 is 2.62 bits per heavy atom. The molecule has 88 valence electrons. The largest absolute Gasteiger partial charge is 0.330 e. The van der Waals surface area contributed by atoms with Gasteiger partial charge in [-0.25, -0.2) is 0 Å². The molecule has 0 aromatic heterocycles. The molecule has 16 heavy (non-hydrogen) atoms. The quantitative estimate of drug-likeness (QED) is 0.872. The Labute approximate surface area is 106 Å². The van der Waals surface area contributed by atoms with Gasteiger partial charge in [-0.05, 0) is 36.4 Å². The van der Waals surface area contributed by atoms with Gasteiger partial charge in [0.25, 0.3) is 0 Å². The minimum Gasteiger partial charge on any atom is -0.330 e. The topological polar surface area (TPSA) is 38.0 Å². The second-order valence-electron chi connectivity index (χ2n) is 4.75. The summed E-state index contributed by atoms with van der Waals surface area (Å²) in [5.74, 6) is 0. The molecule has 1 saturated carbocycles. The Kier molecular flexibility index (Phi) is 4.00. The number of benzene rings is 1. The highest BCUT2D eigenvalue weighted by Crippen LogP contribution is 2.39. The summed E-state index contributed by atoms with van der Waals surface area (Å²) in [6.45, 7) is 2.78. The first-order valence-corrected chi connectivity index (χ1v) is 6.69. The molecular weight excluding hydrogens is 264 g/mol. The molecule has 1 fully saturated rings. The van der Waals surface area contributed by atoms with Gasteiger partial charge in [0.2, 0.25) is 0 Å². The van der Waals surface area contributed by atoms with E-state index in [1.807, 2.05) is 6.07 Å². The highest BCUT2D eigenvalue weighted by Gasteiger charge is 2.34. The highest BCUT2D eigenvalue weighted by molar-refractivity contribution is 9.10. The van der Waals surface area contributed by atoms with E-state index >= 15 is 0 Å². The zero-order valence-electron chi connectivity index (χ0n) is 9.51. The zero-order valence-corrected chi connectivity index (χ0v) is 11.1. The van der Waals surface area contributed by atoms with Gasteiger partial charge in [0.1, 0.15) is 0 Å². The average molecular weight is 283 g/mol. The van der Waals surface area contributed by atoms with Crippen molar-refractivity contribution >= 4 is 15.9 Å². The predicted octanol–water partition coefficient (Wildman–Crippen LogP) is 2.67. The van der Waals surface area contributed by atoms with Crippen LogP contribution in [0.4, 0.5) is 0 Å². The maximum Gasteiger partial charge on any atom is 0.0220 e. The predicted molar refractivity (Wildman–Crippen MR) is 71.2 cm³/mol. The Hall–Kier alpha value is -0.380. The van der Waals surface area contributed by atoms with Crippen molar-refractivity contribution in [3.8, 4) is 0 Å². The first-order valence-electron chi connectivity index (χ1n) is 5.90. The van der Waals surface area contributed by atoms with Crippen LogP contribution in [0.3, 0.4) is 0 Å². The van der Waals surface area contributed by atoms with Crippen molar-refractivity contribution in [1.82, 2.24) is 5.32 Å². The van der Waals surface area contributed by atoms with E-state index in [2.05, 4.69) is 39.4 Å². The van der Waals surface area contributed by atoms with Crippen molar-refractivity contribution in [1.29, 1.82) is 0 Å². The van der Waals surface area contributed by atoms with Crippen molar-refractivity contribution in [2.45, 2.75) is 25.8 Å². The van der Waals surface area contributed by atoms with Crippen molar-refractivity contribution in [2.24, 2.45) is 11.1 Å². The van der Waals surface area contributed by atoms with Crippen LogP contribution in [0.5, 0.6) is 0 Å². The Morgan fingerprint density at radius 1 is 1.31 bits per heavy atom. The summed E-state index contributed by atoms with van der Waals surface area (Å²) < 4.78 is 1.18. The molecule has 3 heteroatoms. The summed E-state index contributed by atoms with van der Waals surface area (Å²) in [7, 11) is 0. The molecule has 1 aromatic carbocycles. The second kappa shape index (κ2) is 5.30. The number of nitrogens with one attached hydrogen (secondary N) is 1. The first kappa shape index (κ1) is 12.1. The molecule has 1 aromatic rings. The molecule has 0 atom stereocenters. The summed E-state index contributed by atoms with van der Waals surface area (Å²) in [6, 6.07) is 8.34. The lowest BCUT2D eigenvalue weighted by molar-refractivity contribution is 0.140. The van der Waals surface area contributed by atoms with Gasteiger partial charge < -0.3 is 11.1 Å². The van der Waals surface area contributed by atoms with Crippen LogP contribution in [0.2, 0.25) is 0 Å². The molecule has 0 amide bonds. The van der Waals surface area contributed by atoms with Crippen LogP contribution in [0.25, 0.3) is 0 Å². The molecule has 1 aliphatic carbocycles. The number of rotatable bonds is 5. The molecule has 2 rings (SSSR count). The molecule has 0 aliphatic heterocycles. The highest BCUT2D eigenvalue weighted by atomic mass is 79.9. The molecule has 0 unspecified atom stereocenters. The van der Waals surface area contributed by atoms with Crippen LogP contribution >= 0.6 is 15.9 Å². The Bertz CT molecular complexity index is 342. The van der Waals surface area contributed by atoms with Crippen LogP contribution in [0.1, 0.15) is 24.8 Å². The smallest absolute Gasteiger partial charge is 0.0220 e. The fourth-order valence-corrected chi connectivity index (χ4v) is 2.66. The normalized spacial score (nSPS) is 18.1. The SMILES string of the molecule is NCC1(CNCc2ccccc2Br)CCC1. The van der Waals surface area contributed by atoms with E-state index in [1.165, 1.54) is 29.3 Å². The van der Waals surface area contributed by atoms with Crippen molar-refractivity contribution < 1.29 is 0 Å². The van der Waals surface area contributed by atoms with Gasteiger partial charge >= 0.3 is 0 Å². The van der Waals surface area contributed by atoms with Crippen molar-refractivity contribution in [3.63, 3.8) is 0 Å². The third-order valence-electron chi connectivity index (χ3n) is 3.62. The Balaban J connectivity index is 1.82. The summed E-state index contributed by atoms with van der Waals surface area (Å²) >= 11 is 3.56. The van der Waals surface area contributed by atoms with Crippen LogP contribution in [0, 0.1) is 5.41 Å². The first-order chi connectivity index (χ1) is 7.76. The second-order valence-corrected chi connectivity index (χ2v) is 5.61. The van der Waals surface area contributed by atoms with E-state index in [0.717, 1.165) is 19.6 Å². The molecule has 3 N–H and O–H groups in total. The van der Waals surface area contributed by atoms with Crippen LogP contribution in [-0.4, -0.2) is 13.1 Å². The fourth-order valence-electron chi connectivity index (χ4n) is 2.23. The number of halogens is 1. The fraction of sp³-hybridized carbons (Fsp3) is 0.538. The molecule has 0 saturated heterocycles. The molecule has 1 aliphatic rings. The van der Waals surface area contributed by atoms with E-state index in [9.17, 15) is 0 Å². The molecule has 0 radical (unpaired) electrons. The van der Waals surface area contributed by atoms with Gasteiger partial charge in [-0.3, -0.25) is 0 Å². The number of hydrogen-bond acceptors (Lipinski definition) is 2. The minimum atomic E-state index is 0.390. The van der Waals surface area contributed by atoms with E-state index in [4.69, 9.17) is 5.73 Å². The van der Waals surface area contributed by atoms with Crippen LogP contribution in [-0.2, 0) is 6.54 Å². The molecule has 0 bridgehead atoms. The summed E-state index contributed by atoms with van der Waals surface area (Å²) in [5, 5.41) is 3.53. The molecular formula is C13H19BrN2. The maximum atomic E-state index is 5.83. The minimum absolute atomic E-state index is 0.390. The summed E-state index contributed by atoms with van der Waals surface area (Å²) in [6.07, 6.45) is 3.91. The lowest BCUT2D eigenvalue weighted by atomic mass is 9.69. The third kappa shape index (κ3) is 2.65. The van der Waals surface area contributed by atoms with E-state index in [1.54, 1.807) is 0 Å². The average Bonchev–Trinajstić information content (AvgIpc) is 2.25. The van der Waals surface area contributed by atoms with Gasteiger partial charge in [-0.1, -0.05) is 40.5 Å². The van der Waals surface area contributed by atoms with Gasteiger partial charge in [0.05, 0.1) is 0 Å². The van der Waals surface area contributed by atoms with Gasteiger partial charge in [-0.15, -0.1) is 0 Å².